The summed E-state index contributed by atoms with van der Waals surface area (Å²) in [6, 6.07) is 24.9. The van der Waals surface area contributed by atoms with Gasteiger partial charge in [0.05, 0.1) is 6.07 Å². The molecule has 0 aliphatic carbocycles. The van der Waals surface area contributed by atoms with Crippen LogP contribution in [0.1, 0.15) is 54.0 Å². The minimum atomic E-state index is -1.05. The van der Waals surface area contributed by atoms with Crippen LogP contribution in [0.2, 0.25) is 0 Å². The van der Waals surface area contributed by atoms with Gasteiger partial charge in [0, 0.05) is 24.2 Å². The summed E-state index contributed by atoms with van der Waals surface area (Å²) in [5, 5.41) is 17.8. The van der Waals surface area contributed by atoms with Gasteiger partial charge in [0.2, 0.25) is 5.91 Å². The van der Waals surface area contributed by atoms with E-state index in [-0.39, 0.29) is 12.3 Å². The summed E-state index contributed by atoms with van der Waals surface area (Å²) in [5.74, 6) is 5.51. The Labute approximate surface area is 218 Å². The monoisotopic (exact) mass is 494 g/mol. The summed E-state index contributed by atoms with van der Waals surface area (Å²) < 4.78 is 5.15. The van der Waals surface area contributed by atoms with Crippen molar-refractivity contribution in [2.75, 3.05) is 6.61 Å². The van der Waals surface area contributed by atoms with Crippen LogP contribution >= 0.6 is 0 Å². The van der Waals surface area contributed by atoms with Gasteiger partial charge in [0.1, 0.15) is 12.2 Å². The summed E-state index contributed by atoms with van der Waals surface area (Å²) in [5.41, 5.74) is 4.95. The molecule has 6 heteroatoms. The first-order chi connectivity index (χ1) is 18.0. The second-order valence-electron chi connectivity index (χ2n) is 8.66. The molecule has 37 heavy (non-hydrogen) atoms. The fourth-order valence-corrected chi connectivity index (χ4v) is 3.66. The van der Waals surface area contributed by atoms with Crippen molar-refractivity contribution in [1.29, 1.82) is 5.26 Å². The summed E-state index contributed by atoms with van der Waals surface area (Å²) >= 11 is 0. The van der Waals surface area contributed by atoms with E-state index in [0.29, 0.717) is 18.8 Å². The van der Waals surface area contributed by atoms with Gasteiger partial charge in [0.25, 0.3) is 0 Å². The Bertz CT molecular complexity index is 1280. The smallest absolute Gasteiger partial charge is 0.341 e. The zero-order chi connectivity index (χ0) is 26.5. The van der Waals surface area contributed by atoms with E-state index in [1.54, 1.807) is 29.2 Å². The van der Waals surface area contributed by atoms with Crippen molar-refractivity contribution >= 4 is 11.9 Å². The number of ether oxygens (including phenoxy) is 1. The van der Waals surface area contributed by atoms with Crippen LogP contribution in [0.4, 0.5) is 0 Å². The lowest BCUT2D eigenvalue weighted by atomic mass is 10.1. The zero-order valence-corrected chi connectivity index (χ0v) is 20.9. The molecule has 3 aromatic rings. The zero-order valence-electron chi connectivity index (χ0n) is 20.9. The average molecular weight is 495 g/mol. The highest BCUT2D eigenvalue weighted by atomic mass is 16.5. The highest BCUT2D eigenvalue weighted by molar-refractivity contribution is 5.78. The Hall–Kier alpha value is -4.55. The van der Waals surface area contributed by atoms with E-state index in [1.807, 2.05) is 30.3 Å². The van der Waals surface area contributed by atoms with Crippen LogP contribution in [0, 0.1) is 23.2 Å². The number of nitriles is 1. The van der Waals surface area contributed by atoms with Crippen LogP contribution in [-0.4, -0.2) is 28.5 Å². The molecule has 0 radical (unpaired) electrons. The fourth-order valence-electron chi connectivity index (χ4n) is 3.66. The van der Waals surface area contributed by atoms with Crippen molar-refractivity contribution in [3.63, 3.8) is 0 Å². The van der Waals surface area contributed by atoms with Crippen molar-refractivity contribution in [3.8, 4) is 23.7 Å². The number of aliphatic carboxylic acids is 1. The fraction of sp³-hybridized carbons (Fsp3) is 0.258. The Morgan fingerprint density at radius 1 is 0.838 bits per heavy atom. The number of carboxylic acids is 1. The molecule has 0 aromatic heterocycles. The SMILES string of the molecule is CCCCc1ccc(C#Cc2ccc(CN(Cc3ccc(OCC(=O)O)cc3)C(=O)CC#N)cc2)cc1. The van der Waals surface area contributed by atoms with Crippen LogP contribution in [0.15, 0.2) is 72.8 Å². The number of aryl methyl sites for hydroxylation is 1. The maximum Gasteiger partial charge on any atom is 0.341 e. The van der Waals surface area contributed by atoms with Crippen molar-refractivity contribution in [3.05, 3.63) is 101 Å². The Kier molecular flexibility index (Phi) is 10.3. The number of carboxylic acid groups (broad SMARTS) is 1. The van der Waals surface area contributed by atoms with E-state index in [0.717, 1.165) is 28.7 Å². The van der Waals surface area contributed by atoms with Gasteiger partial charge in [-0.15, -0.1) is 0 Å². The Balaban J connectivity index is 1.64. The van der Waals surface area contributed by atoms with E-state index in [2.05, 4.69) is 43.0 Å². The number of benzene rings is 3. The van der Waals surface area contributed by atoms with Crippen LogP contribution in [0.25, 0.3) is 0 Å². The van der Waals surface area contributed by atoms with E-state index in [1.165, 1.54) is 18.4 Å². The van der Waals surface area contributed by atoms with E-state index in [9.17, 15) is 9.59 Å². The van der Waals surface area contributed by atoms with Gasteiger partial charge >= 0.3 is 5.97 Å². The molecule has 3 aromatic carbocycles. The van der Waals surface area contributed by atoms with Crippen molar-refractivity contribution in [1.82, 2.24) is 4.90 Å². The number of rotatable bonds is 11. The van der Waals surface area contributed by atoms with Gasteiger partial charge in [0.15, 0.2) is 6.61 Å². The quantitative estimate of drug-likeness (QED) is 0.364. The summed E-state index contributed by atoms with van der Waals surface area (Å²) in [7, 11) is 0. The largest absolute Gasteiger partial charge is 0.482 e. The maximum absolute atomic E-state index is 12.6. The second-order valence-corrected chi connectivity index (χ2v) is 8.66. The predicted molar refractivity (Wildman–Crippen MR) is 142 cm³/mol. The van der Waals surface area contributed by atoms with Crippen molar-refractivity contribution < 1.29 is 19.4 Å². The molecular weight excluding hydrogens is 464 g/mol. The molecular formula is C31H30N2O4. The number of carbonyl (C=O) groups is 2. The molecule has 0 fully saturated rings. The lowest BCUT2D eigenvalue weighted by molar-refractivity contribution is -0.139. The predicted octanol–water partition coefficient (Wildman–Crippen LogP) is 5.33. The Morgan fingerprint density at radius 2 is 1.35 bits per heavy atom. The van der Waals surface area contributed by atoms with Gasteiger partial charge in [-0.3, -0.25) is 4.79 Å². The molecule has 1 amide bonds. The molecule has 0 bridgehead atoms. The summed E-state index contributed by atoms with van der Waals surface area (Å²) in [6.07, 6.45) is 3.25. The van der Waals surface area contributed by atoms with Crippen LogP contribution in [0.5, 0.6) is 5.75 Å². The third kappa shape index (κ3) is 9.20. The van der Waals surface area contributed by atoms with Crippen LogP contribution < -0.4 is 4.74 Å². The minimum Gasteiger partial charge on any atom is -0.482 e. The maximum atomic E-state index is 12.6. The number of hydrogen-bond donors (Lipinski definition) is 1. The van der Waals surface area contributed by atoms with E-state index >= 15 is 0 Å². The molecule has 0 saturated carbocycles. The highest BCUT2D eigenvalue weighted by Gasteiger charge is 2.15. The van der Waals surface area contributed by atoms with E-state index in [4.69, 9.17) is 15.1 Å². The van der Waals surface area contributed by atoms with Crippen LogP contribution in [-0.2, 0) is 29.1 Å². The first kappa shape index (κ1) is 27.0. The molecule has 188 valence electrons. The first-order valence-electron chi connectivity index (χ1n) is 12.2. The summed E-state index contributed by atoms with van der Waals surface area (Å²) in [4.78, 5) is 24.9. The molecule has 0 heterocycles. The topological polar surface area (TPSA) is 90.6 Å². The average Bonchev–Trinajstić information content (AvgIpc) is 2.91. The first-order valence-corrected chi connectivity index (χ1v) is 12.2. The molecule has 0 aliphatic rings. The number of hydrogen-bond acceptors (Lipinski definition) is 4. The minimum absolute atomic E-state index is 0.208. The molecule has 0 spiro atoms. The van der Waals surface area contributed by atoms with Gasteiger partial charge in [-0.1, -0.05) is 61.6 Å². The third-order valence-corrected chi connectivity index (χ3v) is 5.69. The Morgan fingerprint density at radius 3 is 1.84 bits per heavy atom. The normalized spacial score (nSPS) is 10.1. The van der Waals surface area contributed by atoms with Gasteiger partial charge < -0.3 is 14.7 Å². The molecule has 0 unspecified atom stereocenters. The second kappa shape index (κ2) is 14.1. The summed E-state index contributed by atoms with van der Waals surface area (Å²) in [6.45, 7) is 2.44. The lowest BCUT2D eigenvalue weighted by Crippen LogP contribution is -2.29. The van der Waals surface area contributed by atoms with Gasteiger partial charge in [-0.2, -0.15) is 5.26 Å². The molecule has 0 aliphatic heterocycles. The third-order valence-electron chi connectivity index (χ3n) is 5.69. The molecule has 0 atom stereocenters. The van der Waals surface area contributed by atoms with Gasteiger partial charge in [-0.05, 0) is 65.9 Å². The molecule has 3 rings (SSSR count). The number of carbonyl (C=O) groups excluding carboxylic acids is 1. The molecule has 6 nitrogen and oxygen atoms in total. The van der Waals surface area contributed by atoms with Crippen molar-refractivity contribution in [2.24, 2.45) is 0 Å². The number of nitrogens with zero attached hydrogens (tertiary/aromatic N) is 2. The molecule has 1 N–H and O–H groups in total. The van der Waals surface area contributed by atoms with Gasteiger partial charge in [-0.25, -0.2) is 4.79 Å². The standard InChI is InChI=1S/C31H30N2O4/c1-2-3-4-24-5-7-25(8-6-24)9-10-26-11-13-27(14-12-26)21-33(30(34)19-20-32)22-28-15-17-29(18-16-28)37-23-31(35)36/h5-8,11-18H,2-4,19,21-23H2,1H3,(H,35,36). The highest BCUT2D eigenvalue weighted by Crippen LogP contribution is 2.17. The number of unbranched alkanes of at least 4 members (excludes halogenated alkanes) is 1. The lowest BCUT2D eigenvalue weighted by Gasteiger charge is -2.22. The van der Waals surface area contributed by atoms with E-state index < -0.39 is 12.6 Å². The van der Waals surface area contributed by atoms with Crippen molar-refractivity contribution in [2.45, 2.75) is 45.7 Å². The molecule has 0 saturated heterocycles. The number of amides is 1. The van der Waals surface area contributed by atoms with Crippen LogP contribution in [0.3, 0.4) is 0 Å².